The Morgan fingerprint density at radius 1 is 1.50 bits per heavy atom. The van der Waals surface area contributed by atoms with Crippen LogP contribution >= 0.6 is 11.3 Å². The smallest absolute Gasteiger partial charge is 0.0791 e. The van der Waals surface area contributed by atoms with Crippen molar-refractivity contribution in [2.75, 3.05) is 14.1 Å². The minimum absolute atomic E-state index is 1.60. The van der Waals surface area contributed by atoms with E-state index in [-0.39, 0.29) is 0 Å². The molecule has 1 aromatic heterocycles. The molecule has 0 radical (unpaired) electrons. The van der Waals surface area contributed by atoms with Crippen LogP contribution in [0, 0.1) is 0 Å². The molecule has 46 valence electrons. The van der Waals surface area contributed by atoms with E-state index in [1.165, 1.54) is 0 Å². The summed E-state index contributed by atoms with van der Waals surface area (Å²) in [6, 6.07) is 0. The minimum atomic E-state index is 1.60. The first-order chi connectivity index (χ1) is 3.91. The minimum Gasteiger partial charge on any atom is -0.323 e. The topological polar surface area (TPSA) is 24.9 Å². The molecule has 0 fully saturated rings. The molecule has 0 saturated carbocycles. The second kappa shape index (κ2) is 6.59. The van der Waals surface area contributed by atoms with Gasteiger partial charge in [0.15, 0.2) is 0 Å². The summed E-state index contributed by atoms with van der Waals surface area (Å²) in [5.41, 5.74) is 1.79. The zero-order valence-corrected chi connectivity index (χ0v) is 5.90. The van der Waals surface area contributed by atoms with Crippen LogP contribution in [0.5, 0.6) is 0 Å². The quantitative estimate of drug-likeness (QED) is 0.566. The Labute approximate surface area is 53.6 Å². The highest BCUT2D eigenvalue weighted by Gasteiger charge is 1.59. The summed E-state index contributed by atoms with van der Waals surface area (Å²) in [7, 11) is 3.75. The van der Waals surface area contributed by atoms with Crippen molar-refractivity contribution in [1.29, 1.82) is 0 Å². The number of nitrogens with one attached hydrogen (secondary N) is 1. The van der Waals surface area contributed by atoms with Crippen LogP contribution in [-0.2, 0) is 0 Å². The van der Waals surface area contributed by atoms with E-state index < -0.39 is 0 Å². The molecular weight excluding hydrogens is 120 g/mol. The van der Waals surface area contributed by atoms with E-state index in [1.54, 1.807) is 23.0 Å². The molecule has 0 aromatic carbocycles. The lowest BCUT2D eigenvalue weighted by atomic mass is 11.0. The van der Waals surface area contributed by atoms with Gasteiger partial charge in [0.2, 0.25) is 0 Å². The van der Waals surface area contributed by atoms with Crippen LogP contribution in [0.1, 0.15) is 0 Å². The highest BCUT2D eigenvalue weighted by atomic mass is 32.1. The first-order valence-electron chi connectivity index (χ1n) is 2.32. The maximum absolute atomic E-state index is 3.74. The molecule has 1 heterocycles. The predicted octanol–water partition coefficient (Wildman–Crippen LogP) is 0.979. The van der Waals surface area contributed by atoms with E-state index in [0.29, 0.717) is 0 Å². The van der Waals surface area contributed by atoms with E-state index >= 15 is 0 Å². The Morgan fingerprint density at radius 2 is 2.12 bits per heavy atom. The van der Waals surface area contributed by atoms with Crippen molar-refractivity contribution < 1.29 is 0 Å². The summed E-state index contributed by atoms with van der Waals surface area (Å²) in [5.74, 6) is 0. The first-order valence-corrected chi connectivity index (χ1v) is 3.26. The van der Waals surface area contributed by atoms with E-state index in [0.717, 1.165) is 0 Å². The zero-order valence-electron chi connectivity index (χ0n) is 5.09. The molecule has 1 N–H and O–H groups in total. The summed E-state index contributed by atoms with van der Waals surface area (Å²) in [6.45, 7) is 0. The summed E-state index contributed by atoms with van der Waals surface area (Å²) in [4.78, 5) is 3.74. The van der Waals surface area contributed by atoms with Gasteiger partial charge in [-0.15, -0.1) is 11.3 Å². The highest BCUT2D eigenvalue weighted by Crippen LogP contribution is 1.85. The molecule has 0 amide bonds. The summed E-state index contributed by atoms with van der Waals surface area (Å²) in [6.07, 6.45) is 1.77. The highest BCUT2D eigenvalue weighted by molar-refractivity contribution is 7.07. The fraction of sp³-hybridized carbons (Fsp3) is 0.400. The molecule has 0 bridgehead atoms. The van der Waals surface area contributed by atoms with Gasteiger partial charge in [-0.05, 0) is 14.1 Å². The summed E-state index contributed by atoms with van der Waals surface area (Å²) < 4.78 is 0. The Bertz CT molecular complexity index is 77.3. The number of hydrogen-bond donors (Lipinski definition) is 1. The van der Waals surface area contributed by atoms with Gasteiger partial charge >= 0.3 is 0 Å². The number of hydrogen-bond acceptors (Lipinski definition) is 3. The van der Waals surface area contributed by atoms with Crippen LogP contribution in [0.15, 0.2) is 17.1 Å². The van der Waals surface area contributed by atoms with Crippen molar-refractivity contribution in [3.63, 3.8) is 0 Å². The van der Waals surface area contributed by atoms with E-state index in [9.17, 15) is 0 Å². The SMILES string of the molecule is CNC.c1cscn1. The Morgan fingerprint density at radius 3 is 2.25 bits per heavy atom. The van der Waals surface area contributed by atoms with Gasteiger partial charge in [-0.3, -0.25) is 4.98 Å². The number of nitrogens with zero attached hydrogens (tertiary/aromatic N) is 1. The lowest BCUT2D eigenvalue weighted by Crippen LogP contribution is -1.89. The third kappa shape index (κ3) is 5.59. The van der Waals surface area contributed by atoms with Gasteiger partial charge in [-0.25, -0.2) is 0 Å². The van der Waals surface area contributed by atoms with Crippen LogP contribution < -0.4 is 5.32 Å². The van der Waals surface area contributed by atoms with Crippen LogP contribution in [-0.4, -0.2) is 19.1 Å². The van der Waals surface area contributed by atoms with E-state index in [1.807, 2.05) is 19.5 Å². The third-order valence-corrected chi connectivity index (χ3v) is 0.869. The fourth-order valence-electron chi connectivity index (χ4n) is 0.176. The second-order valence-electron chi connectivity index (χ2n) is 1.18. The van der Waals surface area contributed by atoms with Crippen LogP contribution in [0.25, 0.3) is 0 Å². The average molecular weight is 130 g/mol. The Hall–Kier alpha value is -0.410. The molecule has 0 aliphatic heterocycles. The molecule has 1 aromatic rings. The second-order valence-corrected chi connectivity index (χ2v) is 1.93. The average Bonchev–Trinajstić information content (AvgIpc) is 2.17. The lowest BCUT2D eigenvalue weighted by molar-refractivity contribution is 1.02. The van der Waals surface area contributed by atoms with Crippen molar-refractivity contribution in [3.8, 4) is 0 Å². The van der Waals surface area contributed by atoms with Gasteiger partial charge in [0.25, 0.3) is 0 Å². The molecule has 0 aliphatic carbocycles. The number of thiazole rings is 1. The van der Waals surface area contributed by atoms with Gasteiger partial charge in [-0.1, -0.05) is 0 Å². The van der Waals surface area contributed by atoms with Gasteiger partial charge in [-0.2, -0.15) is 0 Å². The lowest BCUT2D eigenvalue weighted by Gasteiger charge is -1.59. The van der Waals surface area contributed by atoms with Crippen molar-refractivity contribution in [2.45, 2.75) is 0 Å². The number of rotatable bonds is 0. The molecular formula is C5H10N2S. The van der Waals surface area contributed by atoms with Crippen LogP contribution in [0.3, 0.4) is 0 Å². The Balaban J connectivity index is 0.000000145. The molecule has 1 rings (SSSR count). The van der Waals surface area contributed by atoms with Crippen molar-refractivity contribution >= 4 is 11.3 Å². The van der Waals surface area contributed by atoms with Gasteiger partial charge in [0, 0.05) is 11.6 Å². The molecule has 0 aliphatic rings. The fourth-order valence-corrected chi connectivity index (χ4v) is 0.527. The first kappa shape index (κ1) is 7.59. The van der Waals surface area contributed by atoms with Crippen molar-refractivity contribution in [3.05, 3.63) is 17.1 Å². The molecule has 2 nitrogen and oxygen atoms in total. The maximum atomic E-state index is 3.74. The molecule has 0 unspecified atom stereocenters. The molecule has 0 saturated heterocycles. The monoisotopic (exact) mass is 130 g/mol. The molecule has 8 heavy (non-hydrogen) atoms. The summed E-state index contributed by atoms with van der Waals surface area (Å²) in [5, 5.41) is 4.68. The van der Waals surface area contributed by atoms with E-state index in [2.05, 4.69) is 10.3 Å². The zero-order chi connectivity index (χ0) is 6.24. The van der Waals surface area contributed by atoms with Crippen LogP contribution in [0.4, 0.5) is 0 Å². The molecule has 0 atom stereocenters. The van der Waals surface area contributed by atoms with Crippen molar-refractivity contribution in [2.24, 2.45) is 0 Å². The predicted molar refractivity (Wildman–Crippen MR) is 37.1 cm³/mol. The van der Waals surface area contributed by atoms with Crippen LogP contribution in [0.2, 0.25) is 0 Å². The summed E-state index contributed by atoms with van der Waals surface area (Å²) >= 11 is 1.60. The Kier molecular flexibility index (Phi) is 6.25. The van der Waals surface area contributed by atoms with Gasteiger partial charge in [0.05, 0.1) is 5.51 Å². The van der Waals surface area contributed by atoms with Gasteiger partial charge in [0.1, 0.15) is 0 Å². The molecule has 0 spiro atoms. The van der Waals surface area contributed by atoms with E-state index in [4.69, 9.17) is 0 Å². The largest absolute Gasteiger partial charge is 0.323 e. The number of aromatic nitrogens is 1. The third-order valence-electron chi connectivity index (χ3n) is 0.347. The van der Waals surface area contributed by atoms with Crippen molar-refractivity contribution in [1.82, 2.24) is 10.3 Å². The van der Waals surface area contributed by atoms with Gasteiger partial charge < -0.3 is 5.32 Å². The maximum Gasteiger partial charge on any atom is 0.0791 e. The standard InChI is InChI=1S/C3H3NS.C2H7N/c1-2-5-3-4-1;1-3-2/h1-3H;3H,1-2H3. The normalized spacial score (nSPS) is 7.25. The molecule has 3 heteroatoms.